The van der Waals surface area contributed by atoms with Crippen molar-refractivity contribution in [2.75, 3.05) is 18.0 Å². The topological polar surface area (TPSA) is 55.0 Å². The summed E-state index contributed by atoms with van der Waals surface area (Å²) < 4.78 is 13.3. The van der Waals surface area contributed by atoms with Crippen LogP contribution in [0.15, 0.2) is 30.5 Å². The zero-order chi connectivity index (χ0) is 14.8. The van der Waals surface area contributed by atoms with Crippen LogP contribution in [0.1, 0.15) is 18.5 Å². The van der Waals surface area contributed by atoms with Crippen LogP contribution in [0.2, 0.25) is 0 Å². The third kappa shape index (κ3) is 3.03. The Bertz CT molecular complexity index is 644. The lowest BCUT2D eigenvalue weighted by atomic mass is 10.1. The van der Waals surface area contributed by atoms with Gasteiger partial charge in [0.1, 0.15) is 5.82 Å². The fraction of sp³-hybridized carbons (Fsp3) is 0.375. The minimum atomic E-state index is -0.252. The van der Waals surface area contributed by atoms with Crippen molar-refractivity contribution in [3.8, 4) is 11.1 Å². The molecule has 2 aromatic rings. The van der Waals surface area contributed by atoms with Gasteiger partial charge in [-0.15, -0.1) is 0 Å². The summed E-state index contributed by atoms with van der Waals surface area (Å²) >= 11 is 0. The van der Waals surface area contributed by atoms with Crippen molar-refractivity contribution in [2.45, 2.75) is 25.8 Å². The van der Waals surface area contributed by atoms with Crippen molar-refractivity contribution in [2.24, 2.45) is 5.73 Å². The SMILES string of the molecule is Cc1nc(N2CCCC(N)C2)ncc1-c1cccc(F)c1. The highest BCUT2D eigenvalue weighted by Gasteiger charge is 2.19. The van der Waals surface area contributed by atoms with Crippen LogP contribution in [0.25, 0.3) is 11.1 Å². The summed E-state index contributed by atoms with van der Waals surface area (Å²) in [4.78, 5) is 11.1. The van der Waals surface area contributed by atoms with Crippen molar-refractivity contribution in [3.63, 3.8) is 0 Å². The Morgan fingerprint density at radius 2 is 2.24 bits per heavy atom. The highest BCUT2D eigenvalue weighted by molar-refractivity contribution is 5.65. The molecule has 0 aliphatic carbocycles. The van der Waals surface area contributed by atoms with Gasteiger partial charge in [-0.3, -0.25) is 0 Å². The number of rotatable bonds is 2. The van der Waals surface area contributed by atoms with Gasteiger partial charge in [0, 0.05) is 30.9 Å². The summed E-state index contributed by atoms with van der Waals surface area (Å²) in [6, 6.07) is 6.68. The first-order valence-electron chi connectivity index (χ1n) is 7.23. The fourth-order valence-electron chi connectivity index (χ4n) is 2.74. The zero-order valence-corrected chi connectivity index (χ0v) is 12.1. The number of nitrogens with two attached hydrogens (primary N) is 1. The standard InChI is InChI=1S/C16H19FN4/c1-11-15(12-4-2-5-13(17)8-12)9-19-16(20-11)21-7-3-6-14(18)10-21/h2,4-5,8-9,14H,3,6-7,10,18H2,1H3. The molecule has 3 rings (SSSR count). The van der Waals surface area contributed by atoms with Gasteiger partial charge >= 0.3 is 0 Å². The van der Waals surface area contributed by atoms with Crippen LogP contribution in [0.5, 0.6) is 0 Å². The van der Waals surface area contributed by atoms with Gasteiger partial charge in [-0.05, 0) is 37.5 Å². The van der Waals surface area contributed by atoms with Gasteiger partial charge in [0.05, 0.1) is 5.69 Å². The number of nitrogens with zero attached hydrogens (tertiary/aromatic N) is 3. The van der Waals surface area contributed by atoms with Crippen LogP contribution in [0.3, 0.4) is 0 Å². The molecule has 0 bridgehead atoms. The van der Waals surface area contributed by atoms with E-state index in [4.69, 9.17) is 5.73 Å². The number of halogens is 1. The number of benzene rings is 1. The van der Waals surface area contributed by atoms with Gasteiger partial charge in [0.25, 0.3) is 0 Å². The second-order valence-corrected chi connectivity index (χ2v) is 5.53. The Kier molecular flexibility index (Phi) is 3.84. The van der Waals surface area contributed by atoms with E-state index < -0.39 is 0 Å². The lowest BCUT2D eigenvalue weighted by molar-refractivity contribution is 0.499. The van der Waals surface area contributed by atoms with E-state index in [-0.39, 0.29) is 11.9 Å². The van der Waals surface area contributed by atoms with Gasteiger partial charge in [-0.1, -0.05) is 12.1 Å². The normalized spacial score (nSPS) is 18.8. The van der Waals surface area contributed by atoms with Crippen LogP contribution >= 0.6 is 0 Å². The first kappa shape index (κ1) is 13.9. The van der Waals surface area contributed by atoms with Crippen molar-refractivity contribution in [1.82, 2.24) is 9.97 Å². The molecule has 110 valence electrons. The van der Waals surface area contributed by atoms with Gasteiger partial charge in [-0.2, -0.15) is 0 Å². The molecule has 0 saturated carbocycles. The van der Waals surface area contributed by atoms with Crippen LogP contribution in [0, 0.1) is 12.7 Å². The monoisotopic (exact) mass is 286 g/mol. The van der Waals surface area contributed by atoms with Crippen LogP contribution < -0.4 is 10.6 Å². The molecule has 2 heterocycles. The van der Waals surface area contributed by atoms with Gasteiger partial charge in [-0.25, -0.2) is 14.4 Å². The number of piperidine rings is 1. The first-order valence-corrected chi connectivity index (χ1v) is 7.23. The lowest BCUT2D eigenvalue weighted by Crippen LogP contribution is -2.43. The summed E-state index contributed by atoms with van der Waals surface area (Å²) in [7, 11) is 0. The minimum Gasteiger partial charge on any atom is -0.339 e. The Balaban J connectivity index is 1.89. The average molecular weight is 286 g/mol. The summed E-state index contributed by atoms with van der Waals surface area (Å²) in [6.45, 7) is 3.65. The van der Waals surface area contributed by atoms with E-state index in [9.17, 15) is 4.39 Å². The molecule has 21 heavy (non-hydrogen) atoms. The molecule has 1 atom stereocenters. The minimum absolute atomic E-state index is 0.186. The zero-order valence-electron chi connectivity index (χ0n) is 12.1. The Morgan fingerprint density at radius 3 is 2.95 bits per heavy atom. The molecule has 2 N–H and O–H groups in total. The third-order valence-corrected chi connectivity index (χ3v) is 3.84. The summed E-state index contributed by atoms with van der Waals surface area (Å²) in [5.41, 5.74) is 8.51. The van der Waals surface area contributed by atoms with E-state index in [1.807, 2.05) is 13.0 Å². The smallest absolute Gasteiger partial charge is 0.225 e. The van der Waals surface area contributed by atoms with Crippen molar-refractivity contribution < 1.29 is 4.39 Å². The molecule has 1 saturated heterocycles. The summed E-state index contributed by atoms with van der Waals surface area (Å²) in [5, 5.41) is 0. The number of aromatic nitrogens is 2. The number of hydrogen-bond donors (Lipinski definition) is 1. The summed E-state index contributed by atoms with van der Waals surface area (Å²) in [5.74, 6) is 0.459. The highest BCUT2D eigenvalue weighted by Crippen LogP contribution is 2.24. The van der Waals surface area contributed by atoms with E-state index in [2.05, 4.69) is 14.9 Å². The molecular formula is C16H19FN4. The van der Waals surface area contributed by atoms with Crippen molar-refractivity contribution >= 4 is 5.95 Å². The molecule has 0 amide bonds. The van der Waals surface area contributed by atoms with E-state index in [0.717, 1.165) is 42.8 Å². The van der Waals surface area contributed by atoms with Gasteiger partial charge in [0.2, 0.25) is 5.95 Å². The lowest BCUT2D eigenvalue weighted by Gasteiger charge is -2.30. The fourth-order valence-corrected chi connectivity index (χ4v) is 2.74. The highest BCUT2D eigenvalue weighted by atomic mass is 19.1. The molecule has 1 aliphatic rings. The van der Waals surface area contributed by atoms with E-state index in [0.29, 0.717) is 5.95 Å². The largest absolute Gasteiger partial charge is 0.339 e. The molecule has 1 fully saturated rings. The van der Waals surface area contributed by atoms with Crippen LogP contribution in [-0.4, -0.2) is 29.1 Å². The molecule has 1 aromatic heterocycles. The second-order valence-electron chi connectivity index (χ2n) is 5.53. The van der Waals surface area contributed by atoms with E-state index in [1.54, 1.807) is 12.3 Å². The molecule has 1 unspecified atom stereocenters. The molecular weight excluding hydrogens is 267 g/mol. The van der Waals surface area contributed by atoms with Crippen LogP contribution in [0.4, 0.5) is 10.3 Å². The molecule has 0 spiro atoms. The number of anilines is 1. The molecule has 5 heteroatoms. The molecule has 1 aromatic carbocycles. The Labute approximate surface area is 123 Å². The van der Waals surface area contributed by atoms with Crippen LogP contribution in [-0.2, 0) is 0 Å². The van der Waals surface area contributed by atoms with Crippen molar-refractivity contribution in [3.05, 3.63) is 42.0 Å². The number of hydrogen-bond acceptors (Lipinski definition) is 4. The first-order chi connectivity index (χ1) is 10.1. The molecule has 1 aliphatic heterocycles. The second kappa shape index (κ2) is 5.77. The third-order valence-electron chi connectivity index (χ3n) is 3.84. The quantitative estimate of drug-likeness (QED) is 0.921. The Hall–Kier alpha value is -2.01. The van der Waals surface area contributed by atoms with Crippen molar-refractivity contribution in [1.29, 1.82) is 0 Å². The van der Waals surface area contributed by atoms with E-state index in [1.165, 1.54) is 12.1 Å². The van der Waals surface area contributed by atoms with E-state index >= 15 is 0 Å². The summed E-state index contributed by atoms with van der Waals surface area (Å²) in [6.07, 6.45) is 3.89. The number of aryl methyl sites for hydroxylation is 1. The molecule has 4 nitrogen and oxygen atoms in total. The predicted molar refractivity (Wildman–Crippen MR) is 81.6 cm³/mol. The Morgan fingerprint density at radius 1 is 1.38 bits per heavy atom. The maximum absolute atomic E-state index is 13.3. The maximum Gasteiger partial charge on any atom is 0.225 e. The molecule has 0 radical (unpaired) electrons. The average Bonchev–Trinajstić information content (AvgIpc) is 2.47. The predicted octanol–water partition coefficient (Wildman–Crippen LogP) is 2.52. The van der Waals surface area contributed by atoms with Gasteiger partial charge < -0.3 is 10.6 Å². The van der Waals surface area contributed by atoms with Gasteiger partial charge in [0.15, 0.2) is 0 Å². The maximum atomic E-state index is 13.3.